The van der Waals surface area contributed by atoms with Crippen molar-refractivity contribution in [2.45, 2.75) is 9.24 Å². The fourth-order valence-corrected chi connectivity index (χ4v) is 3.22. The highest BCUT2D eigenvalue weighted by Crippen LogP contribution is 2.37. The monoisotopic (exact) mass is 276 g/mol. The van der Waals surface area contributed by atoms with Crippen molar-refractivity contribution in [3.63, 3.8) is 0 Å². The lowest BCUT2D eigenvalue weighted by molar-refractivity contribution is 1.25. The first kappa shape index (κ1) is 11.1. The summed E-state index contributed by atoms with van der Waals surface area (Å²) in [7, 11) is 0. The normalized spacial score (nSPS) is 10.5. The minimum atomic E-state index is 0.659. The maximum Gasteiger partial charge on any atom is 0.156 e. The van der Waals surface area contributed by atoms with E-state index in [2.05, 4.69) is 4.98 Å². The number of thiazole rings is 1. The predicted octanol–water partition coefficient (Wildman–Crippen LogP) is 4.18. The molecule has 6 heteroatoms. The molecule has 0 saturated heterocycles. The van der Waals surface area contributed by atoms with Crippen LogP contribution in [0.15, 0.2) is 33.6 Å². The maximum atomic E-state index is 6.02. The third-order valence-corrected chi connectivity index (χ3v) is 4.23. The summed E-state index contributed by atoms with van der Waals surface area (Å²) >= 11 is 14.8. The molecule has 2 rings (SSSR count). The van der Waals surface area contributed by atoms with Gasteiger partial charge < -0.3 is 5.73 Å². The number of nitrogens with zero attached hydrogens (tertiary/aromatic N) is 1. The van der Waals surface area contributed by atoms with E-state index in [1.54, 1.807) is 18.3 Å². The molecule has 1 aromatic heterocycles. The zero-order chi connectivity index (χ0) is 10.8. The van der Waals surface area contributed by atoms with Gasteiger partial charge in [0.05, 0.1) is 11.2 Å². The largest absolute Gasteiger partial charge is 0.389 e. The van der Waals surface area contributed by atoms with Crippen molar-refractivity contribution < 1.29 is 0 Å². The van der Waals surface area contributed by atoms with Gasteiger partial charge in [-0.3, -0.25) is 0 Å². The molecule has 0 aliphatic rings. The van der Waals surface area contributed by atoms with Gasteiger partial charge in [0.15, 0.2) is 4.34 Å². The number of rotatable bonds is 2. The van der Waals surface area contributed by atoms with Crippen LogP contribution >= 0.6 is 46.3 Å². The van der Waals surface area contributed by atoms with E-state index >= 15 is 0 Å². The fraction of sp³-hybridized carbons (Fsp3) is 0. The SMILES string of the molecule is Nc1cnc(Sc2cc(Cl)ccc2Cl)s1. The number of hydrogen-bond donors (Lipinski definition) is 1. The molecule has 1 aromatic carbocycles. The molecule has 2 nitrogen and oxygen atoms in total. The van der Waals surface area contributed by atoms with Gasteiger partial charge in [0.2, 0.25) is 0 Å². The number of anilines is 1. The van der Waals surface area contributed by atoms with E-state index in [9.17, 15) is 0 Å². The predicted molar refractivity (Wildman–Crippen MR) is 67.1 cm³/mol. The van der Waals surface area contributed by atoms with Gasteiger partial charge in [-0.1, -0.05) is 46.3 Å². The lowest BCUT2D eigenvalue weighted by Crippen LogP contribution is -1.74. The summed E-state index contributed by atoms with van der Waals surface area (Å²) in [4.78, 5) is 5.02. The first-order valence-corrected chi connectivity index (χ1v) is 6.38. The molecule has 2 aromatic rings. The van der Waals surface area contributed by atoms with Gasteiger partial charge in [0, 0.05) is 9.92 Å². The van der Waals surface area contributed by atoms with Gasteiger partial charge >= 0.3 is 0 Å². The quantitative estimate of drug-likeness (QED) is 0.894. The van der Waals surface area contributed by atoms with Crippen LogP contribution in [-0.2, 0) is 0 Å². The van der Waals surface area contributed by atoms with Gasteiger partial charge in [0.25, 0.3) is 0 Å². The van der Waals surface area contributed by atoms with Crippen molar-refractivity contribution in [1.82, 2.24) is 4.98 Å². The number of benzene rings is 1. The first-order chi connectivity index (χ1) is 7.15. The van der Waals surface area contributed by atoms with E-state index in [0.717, 1.165) is 9.24 Å². The average molecular weight is 277 g/mol. The van der Waals surface area contributed by atoms with Gasteiger partial charge in [-0.2, -0.15) is 0 Å². The molecule has 2 N–H and O–H groups in total. The van der Waals surface area contributed by atoms with E-state index < -0.39 is 0 Å². The third kappa shape index (κ3) is 2.78. The zero-order valence-corrected chi connectivity index (χ0v) is 10.6. The third-order valence-electron chi connectivity index (χ3n) is 1.59. The summed E-state index contributed by atoms with van der Waals surface area (Å²) in [5.41, 5.74) is 5.58. The molecule has 0 radical (unpaired) electrons. The molecular formula is C9H6Cl2N2S2. The summed E-state index contributed by atoms with van der Waals surface area (Å²) in [5.74, 6) is 0. The Bertz CT molecular complexity index is 485. The van der Waals surface area contributed by atoms with E-state index in [1.807, 2.05) is 6.07 Å². The van der Waals surface area contributed by atoms with Crippen molar-refractivity contribution in [2.24, 2.45) is 0 Å². The van der Waals surface area contributed by atoms with Crippen LogP contribution in [0.2, 0.25) is 10.0 Å². The Hall–Kier alpha value is -0.420. The summed E-state index contributed by atoms with van der Waals surface area (Å²) in [5, 5.41) is 2.01. The zero-order valence-electron chi connectivity index (χ0n) is 7.41. The summed E-state index contributed by atoms with van der Waals surface area (Å²) in [6, 6.07) is 5.33. The molecule has 0 aliphatic heterocycles. The van der Waals surface area contributed by atoms with E-state index in [-0.39, 0.29) is 0 Å². The molecule has 0 spiro atoms. The van der Waals surface area contributed by atoms with E-state index in [1.165, 1.54) is 23.1 Å². The minimum Gasteiger partial charge on any atom is -0.389 e. The second-order valence-electron chi connectivity index (χ2n) is 2.71. The Morgan fingerprint density at radius 3 is 2.80 bits per heavy atom. The molecule has 15 heavy (non-hydrogen) atoms. The Kier molecular flexibility index (Phi) is 3.41. The summed E-state index contributed by atoms with van der Waals surface area (Å²) < 4.78 is 0.858. The second-order valence-corrected chi connectivity index (χ2v) is 5.90. The molecule has 0 amide bonds. The van der Waals surface area contributed by atoms with Crippen LogP contribution < -0.4 is 5.73 Å². The molecule has 0 unspecified atom stereocenters. The molecule has 1 heterocycles. The lowest BCUT2D eigenvalue weighted by Gasteiger charge is -2.01. The second kappa shape index (κ2) is 4.61. The van der Waals surface area contributed by atoms with Gasteiger partial charge in [-0.05, 0) is 18.2 Å². The highest BCUT2D eigenvalue weighted by Gasteiger charge is 2.06. The maximum absolute atomic E-state index is 6.02. The van der Waals surface area contributed by atoms with Crippen molar-refractivity contribution in [3.05, 3.63) is 34.4 Å². The fourth-order valence-electron chi connectivity index (χ4n) is 0.967. The van der Waals surface area contributed by atoms with Crippen LogP contribution in [0, 0.1) is 0 Å². The van der Waals surface area contributed by atoms with Crippen molar-refractivity contribution in [3.8, 4) is 0 Å². The smallest absolute Gasteiger partial charge is 0.156 e. The average Bonchev–Trinajstić information content (AvgIpc) is 2.58. The van der Waals surface area contributed by atoms with Crippen LogP contribution in [-0.4, -0.2) is 4.98 Å². The van der Waals surface area contributed by atoms with Crippen LogP contribution in [0.1, 0.15) is 0 Å². The lowest BCUT2D eigenvalue weighted by atomic mass is 10.4. The highest BCUT2D eigenvalue weighted by atomic mass is 35.5. The first-order valence-electron chi connectivity index (χ1n) is 3.99. The van der Waals surface area contributed by atoms with Gasteiger partial charge in [-0.25, -0.2) is 4.98 Å². The molecular weight excluding hydrogens is 271 g/mol. The topological polar surface area (TPSA) is 38.9 Å². The Labute approximate surface area is 105 Å². The summed E-state index contributed by atoms with van der Waals surface area (Å²) in [6.45, 7) is 0. The number of aromatic nitrogens is 1. The molecule has 0 fully saturated rings. The number of nitrogens with two attached hydrogens (primary N) is 1. The number of hydrogen-bond acceptors (Lipinski definition) is 4. The standard InChI is InChI=1S/C9H6Cl2N2S2/c10-5-1-2-6(11)7(3-5)14-9-13-4-8(12)15-9/h1-4H,12H2. The van der Waals surface area contributed by atoms with Crippen molar-refractivity contribution in [2.75, 3.05) is 5.73 Å². The van der Waals surface area contributed by atoms with E-state index in [4.69, 9.17) is 28.9 Å². The molecule has 78 valence electrons. The van der Waals surface area contributed by atoms with Crippen LogP contribution in [0.5, 0.6) is 0 Å². The van der Waals surface area contributed by atoms with Crippen LogP contribution in [0.4, 0.5) is 5.00 Å². The van der Waals surface area contributed by atoms with Crippen molar-refractivity contribution >= 4 is 51.3 Å². The molecule has 0 atom stereocenters. The van der Waals surface area contributed by atoms with Crippen molar-refractivity contribution in [1.29, 1.82) is 0 Å². The van der Waals surface area contributed by atoms with Crippen LogP contribution in [0.3, 0.4) is 0 Å². The number of nitrogen functional groups attached to an aromatic ring is 1. The Balaban J connectivity index is 2.27. The van der Waals surface area contributed by atoms with Gasteiger partial charge in [-0.15, -0.1) is 0 Å². The van der Waals surface area contributed by atoms with Crippen LogP contribution in [0.25, 0.3) is 0 Å². The molecule has 0 aliphatic carbocycles. The molecule has 0 bridgehead atoms. The Morgan fingerprint density at radius 1 is 1.33 bits per heavy atom. The van der Waals surface area contributed by atoms with E-state index in [0.29, 0.717) is 15.0 Å². The minimum absolute atomic E-state index is 0.659. The van der Waals surface area contributed by atoms with Gasteiger partial charge in [0.1, 0.15) is 5.00 Å². The Morgan fingerprint density at radius 2 is 2.13 bits per heavy atom. The molecule has 0 saturated carbocycles. The number of halogens is 2. The highest BCUT2D eigenvalue weighted by molar-refractivity contribution is 8.01. The summed E-state index contributed by atoms with van der Waals surface area (Å²) in [6.07, 6.45) is 1.63.